The lowest BCUT2D eigenvalue weighted by Crippen LogP contribution is -2.36. The highest BCUT2D eigenvalue weighted by Gasteiger charge is 2.17. The minimum atomic E-state index is -0.241. The minimum absolute atomic E-state index is 0.199. The van der Waals surface area contributed by atoms with Crippen LogP contribution < -0.4 is 4.90 Å². The van der Waals surface area contributed by atoms with Crippen molar-refractivity contribution in [2.45, 2.75) is 19.9 Å². The summed E-state index contributed by atoms with van der Waals surface area (Å²) < 4.78 is 4.77. The molecule has 0 radical (unpaired) electrons. The highest BCUT2D eigenvalue weighted by atomic mass is 16.5. The molecule has 0 saturated heterocycles. The van der Waals surface area contributed by atoms with Crippen molar-refractivity contribution in [2.24, 2.45) is 0 Å². The van der Waals surface area contributed by atoms with Gasteiger partial charge in [0.15, 0.2) is 0 Å². The Morgan fingerprint density at radius 2 is 2.05 bits per heavy atom. The van der Waals surface area contributed by atoms with Crippen LogP contribution in [0.2, 0.25) is 0 Å². The Morgan fingerprint density at radius 1 is 1.32 bits per heavy atom. The van der Waals surface area contributed by atoms with Gasteiger partial charge in [-0.1, -0.05) is 18.2 Å². The van der Waals surface area contributed by atoms with Gasteiger partial charge in [-0.3, -0.25) is 9.78 Å². The topological polar surface area (TPSA) is 42.4 Å². The van der Waals surface area contributed by atoms with Gasteiger partial charge < -0.3 is 9.64 Å². The number of methoxy groups -OCH3 is 1. The number of hydrogen-bond donors (Lipinski definition) is 0. The SMILES string of the molecule is COC(=O)CN(c1ccnc2ccccc12)C(C)C. The summed E-state index contributed by atoms with van der Waals surface area (Å²) in [6, 6.07) is 10.1. The summed E-state index contributed by atoms with van der Waals surface area (Å²) >= 11 is 0. The van der Waals surface area contributed by atoms with Crippen molar-refractivity contribution in [1.82, 2.24) is 4.98 Å². The van der Waals surface area contributed by atoms with Gasteiger partial charge in [-0.15, -0.1) is 0 Å². The third-order valence-electron chi connectivity index (χ3n) is 3.09. The molecule has 0 amide bonds. The Kier molecular flexibility index (Phi) is 4.00. The number of benzene rings is 1. The Labute approximate surface area is 113 Å². The molecule has 100 valence electrons. The number of hydrogen-bond acceptors (Lipinski definition) is 4. The van der Waals surface area contributed by atoms with Gasteiger partial charge in [0.2, 0.25) is 0 Å². The average Bonchev–Trinajstić information content (AvgIpc) is 2.43. The van der Waals surface area contributed by atoms with Crippen LogP contribution in [0.1, 0.15) is 13.8 Å². The van der Waals surface area contributed by atoms with Gasteiger partial charge in [-0.05, 0) is 26.0 Å². The number of pyridine rings is 1. The molecule has 0 atom stereocenters. The van der Waals surface area contributed by atoms with Gasteiger partial charge in [0.05, 0.1) is 12.6 Å². The van der Waals surface area contributed by atoms with E-state index in [0.717, 1.165) is 16.6 Å². The number of para-hydroxylation sites is 1. The molecule has 0 aliphatic heterocycles. The third kappa shape index (κ3) is 2.84. The van der Waals surface area contributed by atoms with E-state index >= 15 is 0 Å². The largest absolute Gasteiger partial charge is 0.468 e. The lowest BCUT2D eigenvalue weighted by Gasteiger charge is -2.28. The maximum Gasteiger partial charge on any atom is 0.325 e. The van der Waals surface area contributed by atoms with E-state index in [9.17, 15) is 4.79 Å². The maximum absolute atomic E-state index is 11.6. The molecule has 0 spiro atoms. The summed E-state index contributed by atoms with van der Waals surface area (Å²) in [5, 5.41) is 1.04. The summed E-state index contributed by atoms with van der Waals surface area (Å²) in [5.41, 5.74) is 1.93. The van der Waals surface area contributed by atoms with Crippen molar-refractivity contribution in [3.63, 3.8) is 0 Å². The zero-order valence-electron chi connectivity index (χ0n) is 11.5. The van der Waals surface area contributed by atoms with Crippen LogP contribution in [0.3, 0.4) is 0 Å². The molecular formula is C15H18N2O2. The molecule has 0 unspecified atom stereocenters. The number of ether oxygens (including phenoxy) is 1. The normalized spacial score (nSPS) is 10.7. The zero-order valence-corrected chi connectivity index (χ0v) is 11.5. The first-order valence-corrected chi connectivity index (χ1v) is 6.30. The number of carbonyl (C=O) groups excluding carboxylic acids is 1. The second kappa shape index (κ2) is 5.69. The molecule has 2 aromatic rings. The first-order valence-electron chi connectivity index (χ1n) is 6.30. The molecule has 0 aliphatic carbocycles. The van der Waals surface area contributed by atoms with Gasteiger partial charge in [0, 0.05) is 23.3 Å². The standard InChI is InChI=1S/C15H18N2O2/c1-11(2)17(10-15(18)19-3)14-8-9-16-13-7-5-4-6-12(13)14/h4-9,11H,10H2,1-3H3. The van der Waals surface area contributed by atoms with Crippen molar-refractivity contribution >= 4 is 22.6 Å². The monoisotopic (exact) mass is 258 g/mol. The fourth-order valence-electron chi connectivity index (χ4n) is 2.08. The number of nitrogens with zero attached hydrogens (tertiary/aromatic N) is 2. The van der Waals surface area contributed by atoms with Crippen LogP contribution in [0, 0.1) is 0 Å². The van der Waals surface area contributed by atoms with E-state index in [4.69, 9.17) is 4.74 Å². The number of rotatable bonds is 4. The highest BCUT2D eigenvalue weighted by molar-refractivity contribution is 5.93. The Hall–Kier alpha value is -2.10. The Morgan fingerprint density at radius 3 is 2.74 bits per heavy atom. The van der Waals surface area contributed by atoms with Crippen molar-refractivity contribution in [3.05, 3.63) is 36.5 Å². The van der Waals surface area contributed by atoms with Crippen molar-refractivity contribution in [1.29, 1.82) is 0 Å². The summed E-state index contributed by atoms with van der Waals surface area (Å²) in [6.45, 7) is 4.35. The van der Waals surface area contributed by atoms with Gasteiger partial charge >= 0.3 is 5.97 Å². The lowest BCUT2D eigenvalue weighted by atomic mass is 10.1. The van der Waals surface area contributed by atoms with Crippen LogP contribution in [0.4, 0.5) is 5.69 Å². The molecule has 0 fully saturated rings. The third-order valence-corrected chi connectivity index (χ3v) is 3.09. The summed E-state index contributed by atoms with van der Waals surface area (Å²) in [5.74, 6) is -0.241. The molecule has 19 heavy (non-hydrogen) atoms. The van der Waals surface area contributed by atoms with E-state index in [1.54, 1.807) is 6.20 Å². The Bertz CT molecular complexity index is 576. The first-order chi connectivity index (χ1) is 9.13. The van der Waals surface area contributed by atoms with Crippen molar-refractivity contribution < 1.29 is 9.53 Å². The second-order valence-electron chi connectivity index (χ2n) is 4.65. The maximum atomic E-state index is 11.6. The molecular weight excluding hydrogens is 240 g/mol. The number of fused-ring (bicyclic) bond motifs is 1. The summed E-state index contributed by atoms with van der Waals surface area (Å²) in [6.07, 6.45) is 1.77. The molecule has 2 rings (SSSR count). The highest BCUT2D eigenvalue weighted by Crippen LogP contribution is 2.26. The van der Waals surface area contributed by atoms with Crippen LogP contribution in [-0.4, -0.2) is 30.6 Å². The molecule has 0 bridgehead atoms. The summed E-state index contributed by atoms with van der Waals surface area (Å²) in [4.78, 5) is 17.9. The van der Waals surface area contributed by atoms with Crippen molar-refractivity contribution in [3.8, 4) is 0 Å². The predicted molar refractivity (Wildman–Crippen MR) is 76.2 cm³/mol. The number of carbonyl (C=O) groups is 1. The van der Waals surface area contributed by atoms with Gasteiger partial charge in [-0.2, -0.15) is 0 Å². The fraction of sp³-hybridized carbons (Fsp3) is 0.333. The van der Waals surface area contributed by atoms with Gasteiger partial charge in [-0.25, -0.2) is 0 Å². The van der Waals surface area contributed by atoms with Crippen LogP contribution in [-0.2, 0) is 9.53 Å². The van der Waals surface area contributed by atoms with E-state index in [1.807, 2.05) is 35.2 Å². The predicted octanol–water partition coefficient (Wildman–Crippen LogP) is 2.62. The Balaban J connectivity index is 2.47. The average molecular weight is 258 g/mol. The smallest absolute Gasteiger partial charge is 0.325 e. The van der Waals surface area contributed by atoms with E-state index in [0.29, 0.717) is 0 Å². The molecule has 0 aliphatic rings. The summed E-state index contributed by atoms with van der Waals surface area (Å²) in [7, 11) is 1.41. The molecule has 1 heterocycles. The molecule has 1 aromatic heterocycles. The van der Waals surface area contributed by atoms with Crippen LogP contribution in [0.5, 0.6) is 0 Å². The van der Waals surface area contributed by atoms with Gasteiger partial charge in [0.25, 0.3) is 0 Å². The minimum Gasteiger partial charge on any atom is -0.468 e. The second-order valence-corrected chi connectivity index (χ2v) is 4.65. The molecule has 4 heteroatoms. The fourth-order valence-corrected chi connectivity index (χ4v) is 2.08. The van der Waals surface area contributed by atoms with Crippen LogP contribution in [0.15, 0.2) is 36.5 Å². The lowest BCUT2D eigenvalue weighted by molar-refractivity contribution is -0.139. The molecule has 4 nitrogen and oxygen atoms in total. The zero-order chi connectivity index (χ0) is 13.8. The van der Waals surface area contributed by atoms with Crippen LogP contribution >= 0.6 is 0 Å². The first kappa shape index (κ1) is 13.3. The number of esters is 1. The van der Waals surface area contributed by atoms with Gasteiger partial charge in [0.1, 0.15) is 6.54 Å². The van der Waals surface area contributed by atoms with Crippen molar-refractivity contribution in [2.75, 3.05) is 18.6 Å². The van der Waals surface area contributed by atoms with E-state index in [1.165, 1.54) is 7.11 Å². The molecule has 1 aromatic carbocycles. The van der Waals surface area contributed by atoms with E-state index < -0.39 is 0 Å². The number of anilines is 1. The van der Waals surface area contributed by atoms with Crippen LogP contribution in [0.25, 0.3) is 10.9 Å². The molecule has 0 saturated carbocycles. The quantitative estimate of drug-likeness (QED) is 0.791. The van der Waals surface area contributed by atoms with E-state index in [-0.39, 0.29) is 18.6 Å². The number of aromatic nitrogens is 1. The van der Waals surface area contributed by atoms with E-state index in [2.05, 4.69) is 18.8 Å². The molecule has 0 N–H and O–H groups in total.